The molecule has 3 amide bonds. The Bertz CT molecular complexity index is 965. The maximum Gasteiger partial charge on any atom is 0.412 e. The third-order valence-electron chi connectivity index (χ3n) is 5.49. The molecule has 1 aromatic heterocycles. The molecule has 0 saturated carbocycles. The van der Waals surface area contributed by atoms with Gasteiger partial charge in [-0.1, -0.05) is 20.3 Å². The van der Waals surface area contributed by atoms with Crippen LogP contribution in [0.1, 0.15) is 66.3 Å². The van der Waals surface area contributed by atoms with Crippen molar-refractivity contribution in [2.24, 2.45) is 5.92 Å². The van der Waals surface area contributed by atoms with Crippen molar-refractivity contribution < 1.29 is 23.9 Å². The molecule has 0 aromatic carbocycles. The molecule has 2 rings (SSSR count). The van der Waals surface area contributed by atoms with E-state index in [4.69, 9.17) is 4.74 Å². The van der Waals surface area contributed by atoms with Gasteiger partial charge in [-0.2, -0.15) is 0 Å². The van der Waals surface area contributed by atoms with Gasteiger partial charge in [-0.15, -0.1) is 0 Å². The summed E-state index contributed by atoms with van der Waals surface area (Å²) in [5.74, 6) is -1.00. The number of hydrogen-bond acceptors (Lipinski definition) is 6. The van der Waals surface area contributed by atoms with Crippen molar-refractivity contribution in [3.8, 4) is 0 Å². The molecule has 1 aliphatic heterocycles. The number of ketones is 1. The number of ether oxygens (including phenoxy) is 1. The lowest BCUT2D eigenvalue weighted by Crippen LogP contribution is -2.43. The van der Waals surface area contributed by atoms with E-state index in [0.29, 0.717) is 25.8 Å². The Morgan fingerprint density at radius 1 is 1.26 bits per heavy atom. The van der Waals surface area contributed by atoms with Crippen molar-refractivity contribution in [2.75, 3.05) is 25.0 Å². The van der Waals surface area contributed by atoms with E-state index in [1.165, 1.54) is 21.7 Å². The van der Waals surface area contributed by atoms with Crippen LogP contribution in [0, 0.1) is 5.92 Å². The number of amides is 3. The predicted octanol–water partition coefficient (Wildman–Crippen LogP) is 2.48. The first kappa shape index (κ1) is 27.1. The number of hydrogen-bond donors (Lipinski definition) is 2. The number of anilines is 1. The number of nitrogens with one attached hydrogen (secondary N) is 2. The first-order valence-electron chi connectivity index (χ1n) is 11.8. The van der Waals surface area contributed by atoms with Crippen LogP contribution < -0.4 is 16.2 Å². The SMILES string of the molecule is CCC[C@@H](C(=O)CN(C[C@@H]1CCNC1=O)C(=O)CC)n1cccc(NC(=O)OC(C)(C)C)c1=O. The molecule has 1 saturated heterocycles. The molecule has 1 fully saturated rings. The summed E-state index contributed by atoms with van der Waals surface area (Å²) in [6.07, 6.45) is 2.55. The zero-order valence-corrected chi connectivity index (χ0v) is 20.7. The Hall–Kier alpha value is -3.17. The van der Waals surface area contributed by atoms with E-state index in [1.807, 2.05) is 6.92 Å². The largest absolute Gasteiger partial charge is 0.444 e. The molecule has 2 atom stereocenters. The fraction of sp³-hybridized carbons (Fsp3) is 0.625. The molecular weight excluding hydrogens is 440 g/mol. The number of aromatic nitrogens is 1. The first-order valence-corrected chi connectivity index (χ1v) is 11.8. The fourth-order valence-corrected chi connectivity index (χ4v) is 3.85. The molecule has 188 valence electrons. The summed E-state index contributed by atoms with van der Waals surface area (Å²) < 4.78 is 6.50. The second-order valence-electron chi connectivity index (χ2n) is 9.44. The van der Waals surface area contributed by atoms with Crippen molar-refractivity contribution in [3.63, 3.8) is 0 Å². The molecule has 2 N–H and O–H groups in total. The van der Waals surface area contributed by atoms with Crippen LogP contribution >= 0.6 is 0 Å². The lowest BCUT2D eigenvalue weighted by atomic mass is 10.0. The predicted molar refractivity (Wildman–Crippen MR) is 127 cm³/mol. The van der Waals surface area contributed by atoms with Crippen molar-refractivity contribution in [1.82, 2.24) is 14.8 Å². The smallest absolute Gasteiger partial charge is 0.412 e. The number of nitrogens with zero attached hydrogens (tertiary/aromatic N) is 2. The van der Waals surface area contributed by atoms with Gasteiger partial charge in [-0.3, -0.25) is 24.5 Å². The molecule has 0 radical (unpaired) electrons. The highest BCUT2D eigenvalue weighted by Gasteiger charge is 2.31. The van der Waals surface area contributed by atoms with Crippen LogP contribution in [-0.2, 0) is 19.1 Å². The topological polar surface area (TPSA) is 127 Å². The molecule has 0 aliphatic carbocycles. The van der Waals surface area contributed by atoms with Crippen LogP contribution in [0.3, 0.4) is 0 Å². The Labute approximate surface area is 200 Å². The standard InChI is InChI=1S/C24H36N4O6/c1-6-9-18(19(29)15-27(20(30)7-2)14-16-11-12-25-21(16)31)28-13-8-10-17(22(28)32)26-23(33)34-24(3,4)5/h8,10,13,16,18H,6-7,9,11-12,14-15H2,1-5H3,(H,25,31)(H,26,33)/t16-,18-/m0/s1. The summed E-state index contributed by atoms with van der Waals surface area (Å²) in [5, 5.41) is 5.19. The van der Waals surface area contributed by atoms with E-state index >= 15 is 0 Å². The lowest BCUT2D eigenvalue weighted by Gasteiger charge is -2.27. The van der Waals surface area contributed by atoms with Gasteiger partial charge in [-0.05, 0) is 45.7 Å². The van der Waals surface area contributed by atoms with Gasteiger partial charge in [0.15, 0.2) is 5.78 Å². The molecule has 10 nitrogen and oxygen atoms in total. The van der Waals surface area contributed by atoms with Crippen LogP contribution in [0.15, 0.2) is 23.1 Å². The molecule has 0 spiro atoms. The summed E-state index contributed by atoms with van der Waals surface area (Å²) in [7, 11) is 0. The van der Waals surface area contributed by atoms with Crippen molar-refractivity contribution >= 4 is 29.4 Å². The molecular formula is C24H36N4O6. The highest BCUT2D eigenvalue weighted by Crippen LogP contribution is 2.18. The van der Waals surface area contributed by atoms with E-state index in [9.17, 15) is 24.0 Å². The fourth-order valence-electron chi connectivity index (χ4n) is 3.85. The molecule has 10 heteroatoms. The molecule has 34 heavy (non-hydrogen) atoms. The highest BCUT2D eigenvalue weighted by atomic mass is 16.6. The van der Waals surface area contributed by atoms with Gasteiger partial charge in [0.25, 0.3) is 5.56 Å². The van der Waals surface area contributed by atoms with Gasteiger partial charge >= 0.3 is 6.09 Å². The van der Waals surface area contributed by atoms with Crippen molar-refractivity contribution in [1.29, 1.82) is 0 Å². The second-order valence-corrected chi connectivity index (χ2v) is 9.44. The van der Waals surface area contributed by atoms with Gasteiger partial charge < -0.3 is 19.5 Å². The van der Waals surface area contributed by atoms with Gasteiger partial charge in [0, 0.05) is 25.7 Å². The monoisotopic (exact) mass is 476 g/mol. The number of pyridine rings is 1. The molecule has 0 bridgehead atoms. The van der Waals surface area contributed by atoms with Crippen LogP contribution in [-0.4, -0.2) is 58.4 Å². The van der Waals surface area contributed by atoms with Crippen LogP contribution in [0.4, 0.5) is 10.5 Å². The normalized spacial score (nSPS) is 16.5. The molecule has 2 heterocycles. The highest BCUT2D eigenvalue weighted by molar-refractivity contribution is 5.89. The van der Waals surface area contributed by atoms with E-state index in [0.717, 1.165) is 0 Å². The Balaban J connectivity index is 2.25. The van der Waals surface area contributed by atoms with Gasteiger partial charge in [0.2, 0.25) is 11.8 Å². The van der Waals surface area contributed by atoms with E-state index in [2.05, 4.69) is 10.6 Å². The van der Waals surface area contributed by atoms with Crippen LogP contribution in [0.5, 0.6) is 0 Å². The average molecular weight is 477 g/mol. The van der Waals surface area contributed by atoms with E-state index in [-0.39, 0.29) is 48.7 Å². The van der Waals surface area contributed by atoms with Crippen LogP contribution in [0.2, 0.25) is 0 Å². The van der Waals surface area contributed by atoms with Gasteiger partial charge in [-0.25, -0.2) is 4.79 Å². The summed E-state index contributed by atoms with van der Waals surface area (Å²) in [6.45, 7) is 9.26. The van der Waals surface area contributed by atoms with Gasteiger partial charge in [0.1, 0.15) is 11.3 Å². The van der Waals surface area contributed by atoms with E-state index < -0.39 is 23.3 Å². The summed E-state index contributed by atoms with van der Waals surface area (Å²) >= 11 is 0. The number of rotatable bonds is 10. The molecule has 0 unspecified atom stereocenters. The minimum atomic E-state index is -0.817. The third kappa shape index (κ3) is 7.43. The number of carbonyl (C=O) groups is 4. The zero-order chi connectivity index (χ0) is 25.5. The maximum absolute atomic E-state index is 13.3. The van der Waals surface area contributed by atoms with Crippen molar-refractivity contribution in [2.45, 2.75) is 71.9 Å². The molecule has 1 aliphatic rings. The number of Topliss-reactive ketones (excluding diaryl/α,β-unsaturated/α-hetero) is 1. The third-order valence-corrected chi connectivity index (χ3v) is 5.49. The minimum Gasteiger partial charge on any atom is -0.444 e. The molecule has 1 aromatic rings. The average Bonchev–Trinajstić information content (AvgIpc) is 3.15. The quantitative estimate of drug-likeness (QED) is 0.534. The van der Waals surface area contributed by atoms with Crippen molar-refractivity contribution in [3.05, 3.63) is 28.7 Å². The van der Waals surface area contributed by atoms with Crippen LogP contribution in [0.25, 0.3) is 0 Å². The Morgan fingerprint density at radius 2 is 1.97 bits per heavy atom. The second kappa shape index (κ2) is 11.8. The first-order chi connectivity index (χ1) is 16.0. The summed E-state index contributed by atoms with van der Waals surface area (Å²) in [4.78, 5) is 64.5. The zero-order valence-electron chi connectivity index (χ0n) is 20.7. The summed E-state index contributed by atoms with van der Waals surface area (Å²) in [5.41, 5.74) is -1.28. The van der Waals surface area contributed by atoms with E-state index in [1.54, 1.807) is 33.8 Å². The maximum atomic E-state index is 13.3. The summed E-state index contributed by atoms with van der Waals surface area (Å²) in [6, 6.07) is 2.20. The number of carbonyl (C=O) groups excluding carboxylic acids is 4. The van der Waals surface area contributed by atoms with Gasteiger partial charge in [0.05, 0.1) is 18.5 Å². The Morgan fingerprint density at radius 3 is 2.53 bits per heavy atom. The minimum absolute atomic E-state index is 0.00484. The lowest BCUT2D eigenvalue weighted by molar-refractivity contribution is -0.137. The Kier molecular flexibility index (Phi) is 9.40.